The van der Waals surface area contributed by atoms with E-state index in [9.17, 15) is 9.59 Å². The van der Waals surface area contributed by atoms with Crippen molar-refractivity contribution in [2.45, 2.75) is 59.1 Å². The van der Waals surface area contributed by atoms with Crippen molar-refractivity contribution >= 4 is 11.9 Å². The molecule has 1 aromatic rings. The predicted octanol–water partition coefficient (Wildman–Crippen LogP) is 3.19. The summed E-state index contributed by atoms with van der Waals surface area (Å²) in [5, 5.41) is 11.4. The van der Waals surface area contributed by atoms with E-state index in [4.69, 9.17) is 10.00 Å². The average molecular weight is 330 g/mol. The van der Waals surface area contributed by atoms with Crippen LogP contribution in [0.2, 0.25) is 0 Å². The summed E-state index contributed by atoms with van der Waals surface area (Å²) in [5.74, 6) is -1.09. The molecular weight excluding hydrogens is 304 g/mol. The van der Waals surface area contributed by atoms with Crippen molar-refractivity contribution in [3.05, 3.63) is 35.4 Å². The number of nitrogens with one attached hydrogen (secondary N) is 1. The minimum absolute atomic E-state index is 0.00666. The second kappa shape index (κ2) is 7.96. The van der Waals surface area contributed by atoms with Crippen molar-refractivity contribution in [3.8, 4) is 6.07 Å². The van der Waals surface area contributed by atoms with Crippen molar-refractivity contribution < 1.29 is 14.3 Å². The zero-order valence-corrected chi connectivity index (χ0v) is 15.2. The number of hydrogen-bond acceptors (Lipinski definition) is 4. The Balaban J connectivity index is 2.86. The van der Waals surface area contributed by atoms with Gasteiger partial charge in [0.2, 0.25) is 0 Å². The van der Waals surface area contributed by atoms with Gasteiger partial charge >= 0.3 is 5.97 Å². The number of esters is 1. The minimum atomic E-state index is -0.846. The highest BCUT2D eigenvalue weighted by Crippen LogP contribution is 2.22. The molecule has 1 aromatic carbocycles. The molecule has 0 spiro atoms. The molecule has 5 nitrogen and oxygen atoms in total. The Kier molecular flexibility index (Phi) is 6.53. The maximum atomic E-state index is 12.4. The summed E-state index contributed by atoms with van der Waals surface area (Å²) in [4.78, 5) is 24.5. The van der Waals surface area contributed by atoms with Gasteiger partial charge in [0, 0.05) is 5.56 Å². The predicted molar refractivity (Wildman–Crippen MR) is 92.4 cm³/mol. The Morgan fingerprint density at radius 1 is 1.12 bits per heavy atom. The zero-order chi connectivity index (χ0) is 18.5. The maximum Gasteiger partial charge on any atom is 0.330 e. The Morgan fingerprint density at radius 3 is 2.08 bits per heavy atom. The number of rotatable bonds is 5. The molecule has 1 N–H and O–H groups in total. The van der Waals surface area contributed by atoms with Crippen LogP contribution in [-0.4, -0.2) is 24.0 Å². The second-order valence-electron chi connectivity index (χ2n) is 7.23. The third-order valence-corrected chi connectivity index (χ3v) is 3.70. The average Bonchev–Trinajstić information content (AvgIpc) is 2.50. The molecule has 0 aliphatic rings. The molecule has 0 saturated heterocycles. The first-order valence-corrected chi connectivity index (χ1v) is 8.07. The van der Waals surface area contributed by atoms with Crippen LogP contribution in [0.25, 0.3) is 0 Å². The Labute approximate surface area is 144 Å². The van der Waals surface area contributed by atoms with Gasteiger partial charge in [0.1, 0.15) is 12.1 Å². The van der Waals surface area contributed by atoms with E-state index in [1.165, 1.54) is 6.92 Å². The summed E-state index contributed by atoms with van der Waals surface area (Å²) in [6.45, 7) is 11.4. The lowest BCUT2D eigenvalue weighted by molar-refractivity contribution is -0.149. The molecule has 1 amide bonds. The summed E-state index contributed by atoms with van der Waals surface area (Å²) < 4.78 is 5.01. The van der Waals surface area contributed by atoms with Crippen LogP contribution in [0.4, 0.5) is 0 Å². The molecule has 0 saturated carbocycles. The monoisotopic (exact) mass is 330 g/mol. The van der Waals surface area contributed by atoms with Gasteiger partial charge in [-0.15, -0.1) is 0 Å². The topological polar surface area (TPSA) is 79.2 Å². The summed E-state index contributed by atoms with van der Waals surface area (Å²) in [6.07, 6.45) is -0.846. The highest BCUT2D eigenvalue weighted by molar-refractivity contribution is 5.96. The molecular formula is C19H26N2O3. The van der Waals surface area contributed by atoms with Gasteiger partial charge in [-0.05, 0) is 36.0 Å². The van der Waals surface area contributed by atoms with Gasteiger partial charge < -0.3 is 10.1 Å². The molecule has 0 aliphatic heterocycles. The second-order valence-corrected chi connectivity index (χ2v) is 7.23. The van der Waals surface area contributed by atoms with E-state index >= 15 is 0 Å². The van der Waals surface area contributed by atoms with Gasteiger partial charge in [-0.2, -0.15) is 5.26 Å². The molecule has 5 heteroatoms. The minimum Gasteiger partial charge on any atom is -0.446 e. The number of ether oxygens (including phenoxy) is 1. The third kappa shape index (κ3) is 5.38. The zero-order valence-electron chi connectivity index (χ0n) is 15.2. The summed E-state index contributed by atoms with van der Waals surface area (Å²) in [5.41, 5.74) is 1.61. The van der Waals surface area contributed by atoms with E-state index in [1.807, 2.05) is 32.0 Å². The smallest absolute Gasteiger partial charge is 0.330 e. The molecule has 0 heterocycles. The number of hydrogen-bond donors (Lipinski definition) is 1. The quantitative estimate of drug-likeness (QED) is 0.841. The number of carbonyl (C=O) groups is 2. The molecule has 0 aliphatic carbocycles. The van der Waals surface area contributed by atoms with Crippen molar-refractivity contribution in [1.82, 2.24) is 5.32 Å². The van der Waals surface area contributed by atoms with Crippen LogP contribution < -0.4 is 5.32 Å². The van der Waals surface area contributed by atoms with Crippen LogP contribution in [0.5, 0.6) is 0 Å². The van der Waals surface area contributed by atoms with Crippen LogP contribution in [0, 0.1) is 17.2 Å². The largest absolute Gasteiger partial charge is 0.446 e. The highest BCUT2D eigenvalue weighted by Gasteiger charge is 2.27. The fourth-order valence-corrected chi connectivity index (χ4v) is 2.12. The molecule has 0 radical (unpaired) electrons. The summed E-state index contributed by atoms with van der Waals surface area (Å²) in [7, 11) is 0. The molecule has 0 bridgehead atoms. The number of carbonyl (C=O) groups excluding carboxylic acids is 2. The first kappa shape index (κ1) is 19.7. The van der Waals surface area contributed by atoms with Crippen molar-refractivity contribution in [2.75, 3.05) is 0 Å². The number of nitriles is 1. The fraction of sp³-hybridized carbons (Fsp3) is 0.526. The Hall–Kier alpha value is -2.35. The van der Waals surface area contributed by atoms with Gasteiger partial charge in [0.05, 0.1) is 0 Å². The van der Waals surface area contributed by atoms with Crippen molar-refractivity contribution in [3.63, 3.8) is 0 Å². The van der Waals surface area contributed by atoms with Crippen LogP contribution in [-0.2, 0) is 14.9 Å². The van der Waals surface area contributed by atoms with Crippen LogP contribution in [0.1, 0.15) is 57.5 Å². The van der Waals surface area contributed by atoms with Crippen molar-refractivity contribution in [2.24, 2.45) is 5.92 Å². The highest BCUT2D eigenvalue weighted by atomic mass is 16.5. The molecule has 130 valence electrons. The molecule has 0 aromatic heterocycles. The lowest BCUT2D eigenvalue weighted by atomic mass is 9.86. The normalized spacial score (nSPS) is 13.8. The van der Waals surface area contributed by atoms with E-state index in [1.54, 1.807) is 12.1 Å². The van der Waals surface area contributed by atoms with Gasteiger partial charge in [0.15, 0.2) is 6.10 Å². The number of nitrogens with zero attached hydrogens (tertiary/aromatic N) is 1. The first-order valence-electron chi connectivity index (χ1n) is 8.07. The Morgan fingerprint density at radius 2 is 1.67 bits per heavy atom. The van der Waals surface area contributed by atoms with Crippen LogP contribution >= 0.6 is 0 Å². The lowest BCUT2D eigenvalue weighted by Gasteiger charge is -2.22. The SMILES string of the molecule is CC(C)[C@H](NC(=O)c1ccc(C(C)(C)C)cc1)C(=O)O[C@H](C)C#N. The summed E-state index contributed by atoms with van der Waals surface area (Å²) >= 11 is 0. The van der Waals surface area contributed by atoms with E-state index in [-0.39, 0.29) is 17.2 Å². The van der Waals surface area contributed by atoms with Gasteiger partial charge in [-0.25, -0.2) is 4.79 Å². The summed E-state index contributed by atoms with van der Waals surface area (Å²) in [6, 6.07) is 8.36. The van der Waals surface area contributed by atoms with Gasteiger partial charge in [-0.3, -0.25) is 4.79 Å². The maximum absolute atomic E-state index is 12.4. The van der Waals surface area contributed by atoms with Crippen LogP contribution in [0.3, 0.4) is 0 Å². The van der Waals surface area contributed by atoms with E-state index < -0.39 is 18.1 Å². The fourth-order valence-electron chi connectivity index (χ4n) is 2.12. The standard InChI is InChI=1S/C19H26N2O3/c1-12(2)16(18(23)24-13(3)11-20)21-17(22)14-7-9-15(10-8-14)19(4,5)6/h7-10,12-13,16H,1-6H3,(H,21,22)/t13-,16+/m1/s1. The molecule has 24 heavy (non-hydrogen) atoms. The third-order valence-electron chi connectivity index (χ3n) is 3.70. The van der Waals surface area contributed by atoms with Crippen molar-refractivity contribution in [1.29, 1.82) is 5.26 Å². The Bertz CT molecular complexity index is 621. The number of benzene rings is 1. The molecule has 0 unspecified atom stereocenters. The van der Waals surface area contributed by atoms with E-state index in [2.05, 4.69) is 26.1 Å². The van der Waals surface area contributed by atoms with E-state index in [0.29, 0.717) is 5.56 Å². The lowest BCUT2D eigenvalue weighted by Crippen LogP contribution is -2.46. The van der Waals surface area contributed by atoms with Gasteiger partial charge in [0.25, 0.3) is 5.91 Å². The van der Waals surface area contributed by atoms with Gasteiger partial charge in [-0.1, -0.05) is 46.8 Å². The number of amides is 1. The van der Waals surface area contributed by atoms with E-state index in [0.717, 1.165) is 5.56 Å². The molecule has 1 rings (SSSR count). The molecule has 0 fully saturated rings. The molecule has 2 atom stereocenters. The first-order chi connectivity index (χ1) is 11.1. The van der Waals surface area contributed by atoms with Crippen LogP contribution in [0.15, 0.2) is 24.3 Å².